The third-order valence-electron chi connectivity index (χ3n) is 3.66. The molecule has 21 heavy (non-hydrogen) atoms. The van der Waals surface area contributed by atoms with E-state index in [1.807, 2.05) is 0 Å². The third kappa shape index (κ3) is 4.30. The quantitative estimate of drug-likeness (QED) is 0.744. The molecular weight excluding hydrogens is 300 g/mol. The molecule has 0 aliphatic heterocycles. The molecule has 1 aromatic carbocycles. The molecule has 0 spiro atoms. The Kier molecular flexibility index (Phi) is 5.79. The molecule has 0 aromatic heterocycles. The number of alkyl halides is 3. The van der Waals surface area contributed by atoms with Crippen molar-refractivity contribution in [2.24, 2.45) is 0 Å². The molecule has 0 unspecified atom stereocenters. The van der Waals surface area contributed by atoms with Crippen LogP contribution in [0.2, 0.25) is 0 Å². The number of amides is 1. The Morgan fingerprint density at radius 3 is 2.71 bits per heavy atom. The second-order valence-corrected chi connectivity index (χ2v) is 5.41. The van der Waals surface area contributed by atoms with Crippen molar-refractivity contribution in [2.45, 2.75) is 38.3 Å². The van der Waals surface area contributed by atoms with E-state index in [0.29, 0.717) is 18.0 Å². The van der Waals surface area contributed by atoms with Crippen molar-refractivity contribution in [3.63, 3.8) is 0 Å². The average molecular weight is 318 g/mol. The van der Waals surface area contributed by atoms with Crippen LogP contribution in [0.15, 0.2) is 24.3 Å². The average Bonchev–Trinajstić information content (AvgIpc) is 2.97. The van der Waals surface area contributed by atoms with Crippen molar-refractivity contribution in [3.05, 3.63) is 29.8 Å². The summed E-state index contributed by atoms with van der Waals surface area (Å²) in [4.78, 5) is 14.3. The number of ether oxygens (including phenoxy) is 1. The summed E-state index contributed by atoms with van der Waals surface area (Å²) in [5.41, 5.74) is 0.352. The summed E-state index contributed by atoms with van der Waals surface area (Å²) in [5, 5.41) is 0. The Hall–Kier alpha value is -1.36. The van der Waals surface area contributed by atoms with Crippen LogP contribution in [-0.4, -0.2) is 35.9 Å². The van der Waals surface area contributed by atoms with E-state index in [-0.39, 0.29) is 17.7 Å². The summed E-state index contributed by atoms with van der Waals surface area (Å²) in [6.07, 6.45) is 4.14. The van der Waals surface area contributed by atoms with Crippen LogP contribution < -0.4 is 4.74 Å². The van der Waals surface area contributed by atoms with Gasteiger partial charge in [0.25, 0.3) is 5.91 Å². The van der Waals surface area contributed by atoms with E-state index in [1.165, 1.54) is 12.1 Å². The zero-order valence-corrected chi connectivity index (χ0v) is 12.4. The number of halogens is 3. The predicted octanol–water partition coefficient (Wildman–Crippen LogP) is 3.91. The van der Waals surface area contributed by atoms with Crippen LogP contribution in [0.1, 0.15) is 36.0 Å². The van der Waals surface area contributed by atoms with Crippen molar-refractivity contribution in [1.29, 1.82) is 0 Å². The van der Waals surface area contributed by atoms with Crippen LogP contribution >= 0.6 is 11.6 Å². The van der Waals surface area contributed by atoms with E-state index in [1.54, 1.807) is 17.0 Å². The van der Waals surface area contributed by atoms with Gasteiger partial charge in [-0.15, -0.1) is 11.6 Å². The minimum atomic E-state index is -2.90. The zero-order chi connectivity index (χ0) is 15.2. The number of benzene rings is 1. The lowest BCUT2D eigenvalue weighted by Gasteiger charge is -2.28. The number of hydrogen-bond acceptors (Lipinski definition) is 2. The Balaban J connectivity index is 2.15. The molecule has 0 heterocycles. The highest BCUT2D eigenvalue weighted by Gasteiger charge is 2.27. The lowest BCUT2D eigenvalue weighted by Crippen LogP contribution is -2.40. The van der Waals surface area contributed by atoms with E-state index < -0.39 is 6.61 Å². The zero-order valence-electron chi connectivity index (χ0n) is 11.6. The van der Waals surface area contributed by atoms with Crippen molar-refractivity contribution in [1.82, 2.24) is 4.90 Å². The van der Waals surface area contributed by atoms with Crippen LogP contribution in [0, 0.1) is 0 Å². The summed E-state index contributed by atoms with van der Waals surface area (Å²) < 4.78 is 28.8. The Labute approximate surface area is 127 Å². The first-order valence-electron chi connectivity index (χ1n) is 7.03. The molecule has 1 saturated carbocycles. The van der Waals surface area contributed by atoms with Gasteiger partial charge in [-0.2, -0.15) is 8.78 Å². The topological polar surface area (TPSA) is 29.5 Å². The third-order valence-corrected chi connectivity index (χ3v) is 3.83. The fourth-order valence-electron chi connectivity index (χ4n) is 2.73. The number of carbonyl (C=O) groups excluding carboxylic acids is 1. The van der Waals surface area contributed by atoms with Crippen LogP contribution in [-0.2, 0) is 0 Å². The summed E-state index contributed by atoms with van der Waals surface area (Å²) in [5.74, 6) is 0.172. The SMILES string of the molecule is O=C(c1cccc(OC(F)F)c1)N(CCCl)C1CCCC1. The molecule has 3 nitrogen and oxygen atoms in total. The van der Waals surface area contributed by atoms with Crippen LogP contribution in [0.4, 0.5) is 8.78 Å². The summed E-state index contributed by atoms with van der Waals surface area (Å²) in [6.45, 7) is -2.44. The molecule has 6 heteroatoms. The second-order valence-electron chi connectivity index (χ2n) is 5.03. The van der Waals surface area contributed by atoms with Crippen molar-refractivity contribution in [3.8, 4) is 5.75 Å². The van der Waals surface area contributed by atoms with Gasteiger partial charge in [-0.1, -0.05) is 18.9 Å². The molecule has 0 radical (unpaired) electrons. The van der Waals surface area contributed by atoms with Gasteiger partial charge < -0.3 is 9.64 Å². The molecular formula is C15H18ClF2NO2. The minimum absolute atomic E-state index is 0.00639. The van der Waals surface area contributed by atoms with Gasteiger partial charge >= 0.3 is 6.61 Å². The summed E-state index contributed by atoms with van der Waals surface area (Å²) in [6, 6.07) is 6.10. The number of hydrogen-bond donors (Lipinski definition) is 0. The molecule has 0 atom stereocenters. The molecule has 1 fully saturated rings. The maximum atomic E-state index is 12.6. The van der Waals surface area contributed by atoms with Gasteiger partial charge in [0.05, 0.1) is 0 Å². The van der Waals surface area contributed by atoms with E-state index in [9.17, 15) is 13.6 Å². The maximum absolute atomic E-state index is 12.6. The van der Waals surface area contributed by atoms with Gasteiger partial charge in [0, 0.05) is 24.0 Å². The first-order valence-corrected chi connectivity index (χ1v) is 7.57. The van der Waals surface area contributed by atoms with Gasteiger partial charge in [-0.3, -0.25) is 4.79 Å². The van der Waals surface area contributed by atoms with Gasteiger partial charge in [0.2, 0.25) is 0 Å². The highest BCUT2D eigenvalue weighted by atomic mass is 35.5. The highest BCUT2D eigenvalue weighted by molar-refractivity contribution is 6.18. The number of carbonyl (C=O) groups is 1. The molecule has 0 saturated heterocycles. The lowest BCUT2D eigenvalue weighted by molar-refractivity contribution is -0.0499. The van der Waals surface area contributed by atoms with Crippen LogP contribution in [0.25, 0.3) is 0 Å². The molecule has 1 aromatic rings. The van der Waals surface area contributed by atoms with E-state index in [0.717, 1.165) is 25.7 Å². The summed E-state index contributed by atoms with van der Waals surface area (Å²) in [7, 11) is 0. The van der Waals surface area contributed by atoms with E-state index in [2.05, 4.69) is 4.74 Å². The summed E-state index contributed by atoms with van der Waals surface area (Å²) >= 11 is 5.79. The number of rotatable bonds is 6. The number of nitrogens with zero attached hydrogens (tertiary/aromatic N) is 1. The molecule has 1 aliphatic carbocycles. The molecule has 0 N–H and O–H groups in total. The van der Waals surface area contributed by atoms with Crippen molar-refractivity contribution >= 4 is 17.5 Å². The molecule has 1 amide bonds. The monoisotopic (exact) mass is 317 g/mol. The molecule has 2 rings (SSSR count). The Morgan fingerprint density at radius 1 is 1.38 bits per heavy atom. The van der Waals surface area contributed by atoms with E-state index >= 15 is 0 Å². The Bertz CT molecular complexity index is 478. The standard InChI is InChI=1S/C15H18ClF2NO2/c16-8-9-19(12-5-1-2-6-12)14(20)11-4-3-7-13(10-11)21-15(17)18/h3-4,7,10,12,15H,1-2,5-6,8-9H2. The lowest BCUT2D eigenvalue weighted by atomic mass is 10.1. The normalized spacial score (nSPS) is 15.4. The fourth-order valence-corrected chi connectivity index (χ4v) is 2.91. The molecule has 1 aliphatic rings. The van der Waals surface area contributed by atoms with Crippen LogP contribution in [0.3, 0.4) is 0 Å². The predicted molar refractivity (Wildman–Crippen MR) is 77.1 cm³/mol. The van der Waals surface area contributed by atoms with Crippen molar-refractivity contribution in [2.75, 3.05) is 12.4 Å². The van der Waals surface area contributed by atoms with Gasteiger partial charge in [-0.05, 0) is 31.0 Å². The first-order chi connectivity index (χ1) is 10.1. The van der Waals surface area contributed by atoms with E-state index in [4.69, 9.17) is 11.6 Å². The van der Waals surface area contributed by atoms with Gasteiger partial charge in [0.1, 0.15) is 5.75 Å². The second kappa shape index (κ2) is 7.59. The van der Waals surface area contributed by atoms with Crippen molar-refractivity contribution < 1.29 is 18.3 Å². The Morgan fingerprint density at radius 2 is 2.10 bits per heavy atom. The first kappa shape index (κ1) is 16.0. The molecule has 116 valence electrons. The smallest absolute Gasteiger partial charge is 0.387 e. The van der Waals surface area contributed by atoms with Crippen LogP contribution in [0.5, 0.6) is 5.75 Å². The van der Waals surface area contributed by atoms with Gasteiger partial charge in [-0.25, -0.2) is 0 Å². The largest absolute Gasteiger partial charge is 0.435 e. The molecule has 0 bridgehead atoms. The maximum Gasteiger partial charge on any atom is 0.387 e. The minimum Gasteiger partial charge on any atom is -0.435 e. The van der Waals surface area contributed by atoms with Gasteiger partial charge in [0.15, 0.2) is 0 Å². The fraction of sp³-hybridized carbons (Fsp3) is 0.533. The highest BCUT2D eigenvalue weighted by Crippen LogP contribution is 2.26.